The van der Waals surface area contributed by atoms with E-state index in [1.165, 1.54) is 12.1 Å². The van der Waals surface area contributed by atoms with Gasteiger partial charge in [0, 0.05) is 16.4 Å². The fraction of sp³-hybridized carbons (Fsp3) is 0.111. The van der Waals surface area contributed by atoms with Crippen molar-refractivity contribution in [3.8, 4) is 0 Å². The van der Waals surface area contributed by atoms with Crippen molar-refractivity contribution in [1.82, 2.24) is 0 Å². The molecule has 1 aromatic carbocycles. The van der Waals surface area contributed by atoms with Crippen molar-refractivity contribution in [2.45, 2.75) is 11.1 Å². The molecule has 14 heavy (non-hydrogen) atoms. The molecule has 1 unspecified atom stereocenters. The summed E-state index contributed by atoms with van der Waals surface area (Å²) in [7, 11) is -1.73. The number of rotatable bonds is 2. The Kier molecular flexibility index (Phi) is 3.46. The summed E-state index contributed by atoms with van der Waals surface area (Å²) in [4.78, 5) is 0.355. The summed E-state index contributed by atoms with van der Waals surface area (Å²) in [6, 6.07) is 7.96. The average Bonchev–Trinajstić information content (AvgIpc) is 2.14. The van der Waals surface area contributed by atoms with E-state index in [-0.39, 0.29) is 6.08 Å². The number of benzene rings is 1. The van der Waals surface area contributed by atoms with Gasteiger partial charge in [0.2, 0.25) is 0 Å². The Hall–Kier alpha value is -1.10. The molecule has 5 heteroatoms. The topological polar surface area (TPSA) is 17.1 Å². The van der Waals surface area contributed by atoms with Gasteiger partial charge < -0.3 is 0 Å². The minimum absolute atomic E-state index is 0.0177. The minimum Gasteiger partial charge on any atom is -0.250 e. The van der Waals surface area contributed by atoms with Gasteiger partial charge in [-0.05, 0) is 12.1 Å². The number of halogens is 3. The second kappa shape index (κ2) is 4.41. The lowest BCUT2D eigenvalue weighted by Crippen LogP contribution is -2.01. The Morgan fingerprint density at radius 2 is 1.71 bits per heavy atom. The van der Waals surface area contributed by atoms with Gasteiger partial charge in [-0.1, -0.05) is 18.2 Å². The molecule has 0 saturated carbocycles. The summed E-state index contributed by atoms with van der Waals surface area (Å²) in [5, 5.41) is 0.634. The molecule has 0 aromatic heterocycles. The van der Waals surface area contributed by atoms with Gasteiger partial charge >= 0.3 is 6.18 Å². The fourth-order valence-corrected chi connectivity index (χ4v) is 1.63. The molecule has 76 valence electrons. The van der Waals surface area contributed by atoms with E-state index in [1.54, 1.807) is 18.2 Å². The predicted octanol–water partition coefficient (Wildman–Crippen LogP) is 2.87. The van der Waals surface area contributed by atoms with Crippen LogP contribution in [-0.2, 0) is 10.8 Å². The molecule has 1 nitrogen and oxygen atoms in total. The summed E-state index contributed by atoms with van der Waals surface area (Å²) in [6.07, 6.45) is -4.43. The van der Waals surface area contributed by atoms with Crippen LogP contribution in [0.4, 0.5) is 13.2 Å². The van der Waals surface area contributed by atoms with Gasteiger partial charge in [-0.3, -0.25) is 0 Å². The van der Waals surface area contributed by atoms with Crippen LogP contribution in [0.5, 0.6) is 0 Å². The van der Waals surface area contributed by atoms with E-state index in [9.17, 15) is 17.4 Å². The Bertz CT molecular complexity index is 343. The van der Waals surface area contributed by atoms with Gasteiger partial charge in [-0.15, -0.1) is 0 Å². The zero-order chi connectivity index (χ0) is 10.6. The van der Waals surface area contributed by atoms with Crippen LogP contribution >= 0.6 is 0 Å². The highest BCUT2D eigenvalue weighted by Gasteiger charge is 2.22. The average molecular weight is 220 g/mol. The lowest BCUT2D eigenvalue weighted by molar-refractivity contribution is -0.0796. The Balaban J connectivity index is 2.74. The molecular formula is C9H7F3OS. The Labute approximate surface area is 81.7 Å². The van der Waals surface area contributed by atoms with Gasteiger partial charge in [-0.2, -0.15) is 13.2 Å². The van der Waals surface area contributed by atoms with Crippen LogP contribution in [0, 0.1) is 0 Å². The first-order valence-corrected chi connectivity index (χ1v) is 4.92. The quantitative estimate of drug-likeness (QED) is 0.749. The molecule has 0 spiro atoms. The highest BCUT2D eigenvalue weighted by molar-refractivity contribution is 7.88. The second-order valence-electron chi connectivity index (χ2n) is 2.45. The first-order valence-electron chi connectivity index (χ1n) is 3.71. The number of hydrogen-bond acceptors (Lipinski definition) is 1. The second-order valence-corrected chi connectivity index (χ2v) is 3.79. The van der Waals surface area contributed by atoms with Crippen LogP contribution in [0.15, 0.2) is 46.7 Å². The van der Waals surface area contributed by atoms with Crippen molar-refractivity contribution in [3.63, 3.8) is 0 Å². The maximum absolute atomic E-state index is 11.7. The normalized spacial score (nSPS) is 14.5. The zero-order valence-corrected chi connectivity index (χ0v) is 7.81. The van der Waals surface area contributed by atoms with Crippen molar-refractivity contribution >= 4 is 10.8 Å². The lowest BCUT2D eigenvalue weighted by Gasteiger charge is -1.98. The molecule has 1 atom stereocenters. The van der Waals surface area contributed by atoms with E-state index >= 15 is 0 Å². The number of alkyl halides is 3. The first kappa shape index (κ1) is 11.0. The molecule has 0 radical (unpaired) electrons. The van der Waals surface area contributed by atoms with Crippen molar-refractivity contribution in [1.29, 1.82) is 0 Å². The third kappa shape index (κ3) is 3.74. The minimum atomic E-state index is -4.41. The zero-order valence-electron chi connectivity index (χ0n) is 6.99. The van der Waals surface area contributed by atoms with Crippen LogP contribution < -0.4 is 0 Å². The molecule has 0 aliphatic heterocycles. The largest absolute Gasteiger partial charge is 0.410 e. The monoisotopic (exact) mass is 220 g/mol. The molecule has 0 aliphatic rings. The van der Waals surface area contributed by atoms with E-state index in [2.05, 4.69) is 0 Å². The standard InChI is InChI=1S/C9H7F3OS/c10-9(11,12)6-7-14(13)8-4-2-1-3-5-8/h1-7H/b7-6+. The summed E-state index contributed by atoms with van der Waals surface area (Å²) in [5.74, 6) is 0. The smallest absolute Gasteiger partial charge is 0.250 e. The molecule has 1 aromatic rings. The van der Waals surface area contributed by atoms with Gasteiger partial charge in [0.15, 0.2) is 0 Å². The van der Waals surface area contributed by atoms with E-state index < -0.39 is 17.0 Å². The van der Waals surface area contributed by atoms with Crippen LogP contribution in [0.25, 0.3) is 0 Å². The van der Waals surface area contributed by atoms with Gasteiger partial charge in [0.05, 0.1) is 10.8 Å². The van der Waals surface area contributed by atoms with Crippen molar-refractivity contribution < 1.29 is 17.4 Å². The van der Waals surface area contributed by atoms with Crippen molar-refractivity contribution in [3.05, 3.63) is 41.8 Å². The maximum Gasteiger partial charge on any atom is 0.410 e. The summed E-state index contributed by atoms with van der Waals surface area (Å²) < 4.78 is 46.3. The highest BCUT2D eigenvalue weighted by atomic mass is 32.2. The molecule has 0 heterocycles. The van der Waals surface area contributed by atoms with Gasteiger partial charge in [0.1, 0.15) is 0 Å². The van der Waals surface area contributed by atoms with E-state index in [0.717, 1.165) is 0 Å². The van der Waals surface area contributed by atoms with E-state index in [0.29, 0.717) is 10.3 Å². The molecule has 0 bridgehead atoms. The molecule has 1 rings (SSSR count). The van der Waals surface area contributed by atoms with Crippen LogP contribution in [-0.4, -0.2) is 10.4 Å². The fourth-order valence-electron chi connectivity index (χ4n) is 0.772. The lowest BCUT2D eigenvalue weighted by atomic mass is 10.4. The third-order valence-corrected chi connectivity index (χ3v) is 2.48. The van der Waals surface area contributed by atoms with Gasteiger partial charge in [0.25, 0.3) is 0 Å². The summed E-state index contributed by atoms with van der Waals surface area (Å²) >= 11 is 0. The molecular weight excluding hydrogens is 213 g/mol. The molecule has 0 aliphatic carbocycles. The van der Waals surface area contributed by atoms with Crippen LogP contribution in [0.3, 0.4) is 0 Å². The molecule has 0 amide bonds. The Morgan fingerprint density at radius 1 is 1.14 bits per heavy atom. The molecule has 0 saturated heterocycles. The number of hydrogen-bond donors (Lipinski definition) is 0. The third-order valence-electron chi connectivity index (χ3n) is 1.36. The SMILES string of the molecule is O=S(/C=C/C(F)(F)F)c1ccccc1. The molecule has 0 N–H and O–H groups in total. The maximum atomic E-state index is 11.7. The highest BCUT2D eigenvalue weighted by Crippen LogP contribution is 2.17. The summed E-state index contributed by atoms with van der Waals surface area (Å²) in [6.45, 7) is 0. The Morgan fingerprint density at radius 3 is 2.21 bits per heavy atom. The van der Waals surface area contributed by atoms with E-state index in [1.807, 2.05) is 0 Å². The number of allylic oxidation sites excluding steroid dienone is 1. The van der Waals surface area contributed by atoms with E-state index in [4.69, 9.17) is 0 Å². The summed E-state index contributed by atoms with van der Waals surface area (Å²) in [5.41, 5.74) is 0. The van der Waals surface area contributed by atoms with Crippen LogP contribution in [0.2, 0.25) is 0 Å². The first-order chi connectivity index (χ1) is 6.49. The van der Waals surface area contributed by atoms with Crippen molar-refractivity contribution in [2.24, 2.45) is 0 Å². The predicted molar refractivity (Wildman–Crippen MR) is 48.0 cm³/mol. The molecule has 0 fully saturated rings. The van der Waals surface area contributed by atoms with Crippen molar-refractivity contribution in [2.75, 3.05) is 0 Å². The van der Waals surface area contributed by atoms with Gasteiger partial charge in [-0.25, -0.2) is 4.21 Å². The van der Waals surface area contributed by atoms with Crippen LogP contribution in [0.1, 0.15) is 0 Å².